The Balaban J connectivity index is 1.57. The van der Waals surface area contributed by atoms with Crippen molar-refractivity contribution in [3.05, 3.63) is 65.8 Å². The van der Waals surface area contributed by atoms with Gasteiger partial charge in [-0.2, -0.15) is 8.78 Å². The minimum atomic E-state index is -3.85. The zero-order valence-electron chi connectivity index (χ0n) is 20.4. The third-order valence-electron chi connectivity index (χ3n) is 6.84. The summed E-state index contributed by atoms with van der Waals surface area (Å²) in [6.45, 7) is -0.0449. The summed E-state index contributed by atoms with van der Waals surface area (Å²) in [5, 5.41) is 10.1. The number of hydrogen-bond acceptors (Lipinski definition) is 7. The second-order valence-electron chi connectivity index (χ2n) is 9.91. The van der Waals surface area contributed by atoms with Gasteiger partial charge < -0.3 is 14.4 Å². The molecule has 2 aliphatic rings. The first-order valence-corrected chi connectivity index (χ1v) is 13.5. The Kier molecular flexibility index (Phi) is 5.27. The highest BCUT2D eigenvalue weighted by molar-refractivity contribution is 7.92. The average molecular weight is 546 g/mol. The van der Waals surface area contributed by atoms with Crippen molar-refractivity contribution in [2.45, 2.75) is 44.6 Å². The number of hydrogen-bond donors (Lipinski definition) is 1. The fourth-order valence-corrected chi connectivity index (χ4v) is 6.57. The topological polar surface area (TPSA) is 110 Å². The minimum Gasteiger partial charge on any atom is -0.434 e. The van der Waals surface area contributed by atoms with Gasteiger partial charge in [-0.25, -0.2) is 27.8 Å². The van der Waals surface area contributed by atoms with E-state index in [-0.39, 0.29) is 40.3 Å². The third-order valence-corrected chi connectivity index (χ3v) is 8.01. The van der Waals surface area contributed by atoms with Crippen molar-refractivity contribution >= 4 is 26.7 Å². The van der Waals surface area contributed by atoms with Crippen LogP contribution in [0.2, 0.25) is 0 Å². The lowest BCUT2D eigenvalue weighted by atomic mass is 9.95. The lowest BCUT2D eigenvalue weighted by Gasteiger charge is -2.35. The van der Waals surface area contributed by atoms with Crippen molar-refractivity contribution in [2.75, 3.05) is 10.6 Å². The highest BCUT2D eigenvalue weighted by Gasteiger charge is 2.48. The van der Waals surface area contributed by atoms with Crippen LogP contribution in [-0.2, 0) is 15.6 Å². The number of imidazole rings is 1. The highest BCUT2D eigenvalue weighted by atomic mass is 32.2. The van der Waals surface area contributed by atoms with Crippen LogP contribution in [-0.4, -0.2) is 45.9 Å². The fourth-order valence-electron chi connectivity index (χ4n) is 5.41. The first-order valence-electron chi connectivity index (χ1n) is 11.7. The van der Waals surface area contributed by atoms with Gasteiger partial charge in [-0.15, -0.1) is 0 Å². The number of fused-ring (bicyclic) bond motifs is 9. The number of nitrogens with zero attached hydrogens (tertiary/aromatic N) is 5. The summed E-state index contributed by atoms with van der Waals surface area (Å²) in [6, 6.07) is 5.90. The molecule has 0 aliphatic carbocycles. The zero-order valence-corrected chi connectivity index (χ0v) is 21.2. The average Bonchev–Trinajstić information content (AvgIpc) is 3.32. The molecule has 9 nitrogen and oxygen atoms in total. The van der Waals surface area contributed by atoms with Gasteiger partial charge in [-0.05, 0) is 32.0 Å². The summed E-state index contributed by atoms with van der Waals surface area (Å²) in [7, 11) is -3.85. The van der Waals surface area contributed by atoms with Gasteiger partial charge in [-0.1, -0.05) is 6.07 Å². The molecule has 2 atom stereocenters. The standard InChI is InChI=1S/C25H22F3N5O4S/c1-25(2,34)23-29-10-12(11-30-23)13-7-17-15(8-14(13)26)31-22-19-9-18(32(17)22)21-16(33(19)38(3,35)36)5-4-6-20(21)37-24(27)28/h4-8,10-11,18-19,24,34H,9H2,1-3H3/t18-,19-/m1/s1. The largest absolute Gasteiger partial charge is 0.434 e. The number of benzene rings is 2. The maximum absolute atomic E-state index is 15.2. The molecular formula is C25H22F3N5O4S. The Morgan fingerprint density at radius 3 is 2.50 bits per heavy atom. The summed E-state index contributed by atoms with van der Waals surface area (Å²) in [6.07, 6.45) is 4.09. The van der Waals surface area contributed by atoms with E-state index < -0.39 is 40.1 Å². The molecule has 1 N–H and O–H groups in total. The van der Waals surface area contributed by atoms with Crippen LogP contribution in [0.1, 0.15) is 49.6 Å². The van der Waals surface area contributed by atoms with Crippen molar-refractivity contribution in [3.63, 3.8) is 0 Å². The van der Waals surface area contributed by atoms with Crippen LogP contribution in [0.5, 0.6) is 5.75 Å². The quantitative estimate of drug-likeness (QED) is 0.399. The van der Waals surface area contributed by atoms with Gasteiger partial charge in [-0.3, -0.25) is 4.31 Å². The van der Waals surface area contributed by atoms with Gasteiger partial charge in [0.2, 0.25) is 10.0 Å². The van der Waals surface area contributed by atoms with Gasteiger partial charge in [0.15, 0.2) is 5.82 Å². The lowest BCUT2D eigenvalue weighted by molar-refractivity contribution is -0.0506. The van der Waals surface area contributed by atoms with E-state index in [1.165, 1.54) is 48.7 Å². The number of aliphatic hydroxyl groups is 1. The summed E-state index contributed by atoms with van der Waals surface area (Å²) in [4.78, 5) is 12.9. The molecule has 0 saturated carbocycles. The normalized spacial score (nSPS) is 18.7. The van der Waals surface area contributed by atoms with E-state index in [0.29, 0.717) is 16.9 Å². The fraction of sp³-hybridized carbons (Fsp3) is 0.320. The van der Waals surface area contributed by atoms with E-state index in [4.69, 9.17) is 4.74 Å². The lowest BCUT2D eigenvalue weighted by Crippen LogP contribution is -2.36. The van der Waals surface area contributed by atoms with Gasteiger partial charge in [0.05, 0.1) is 29.0 Å². The third kappa shape index (κ3) is 3.71. The number of sulfonamides is 1. The first kappa shape index (κ1) is 24.6. The molecule has 2 bridgehead atoms. The summed E-state index contributed by atoms with van der Waals surface area (Å²) in [5.41, 5.74) is 0.550. The Morgan fingerprint density at radius 2 is 1.87 bits per heavy atom. The molecular weight excluding hydrogens is 523 g/mol. The van der Waals surface area contributed by atoms with Crippen LogP contribution in [0.3, 0.4) is 0 Å². The van der Waals surface area contributed by atoms with Crippen LogP contribution in [0, 0.1) is 5.82 Å². The molecule has 4 aromatic rings. The second kappa shape index (κ2) is 8.14. The number of alkyl halides is 2. The molecule has 13 heteroatoms. The van der Waals surface area contributed by atoms with Gasteiger partial charge >= 0.3 is 6.61 Å². The van der Waals surface area contributed by atoms with E-state index in [0.717, 1.165) is 6.26 Å². The van der Waals surface area contributed by atoms with Gasteiger partial charge in [0.1, 0.15) is 29.0 Å². The number of ether oxygens (including phenoxy) is 1. The van der Waals surface area contributed by atoms with Crippen LogP contribution < -0.4 is 9.04 Å². The molecule has 2 aromatic carbocycles. The van der Waals surface area contributed by atoms with E-state index in [9.17, 15) is 22.3 Å². The van der Waals surface area contributed by atoms with Crippen LogP contribution >= 0.6 is 0 Å². The number of aromatic nitrogens is 4. The minimum absolute atomic E-state index is 0.137. The molecule has 0 fully saturated rings. The number of anilines is 1. The van der Waals surface area contributed by atoms with Crippen molar-refractivity contribution in [1.29, 1.82) is 0 Å². The number of halogens is 3. The molecule has 6 rings (SSSR count). The van der Waals surface area contributed by atoms with E-state index in [1.54, 1.807) is 16.7 Å². The summed E-state index contributed by atoms with van der Waals surface area (Å²) >= 11 is 0. The van der Waals surface area contributed by atoms with Crippen LogP contribution in [0.4, 0.5) is 18.9 Å². The molecule has 0 saturated heterocycles. The SMILES string of the molecule is CC(C)(O)c1ncc(-c2cc3c(cc2F)nc2n3[C@@H]3C[C@H]2N(S(C)(=O)=O)c2cccc(OC(F)F)c23)cn1. The second-order valence-corrected chi connectivity index (χ2v) is 11.8. The molecule has 4 heterocycles. The zero-order chi connectivity index (χ0) is 27.1. The Morgan fingerprint density at radius 1 is 1.16 bits per heavy atom. The Hall–Kier alpha value is -3.71. The van der Waals surface area contributed by atoms with E-state index in [1.807, 2.05) is 0 Å². The summed E-state index contributed by atoms with van der Waals surface area (Å²) in [5.74, 6) is -0.186. The van der Waals surface area contributed by atoms with Gasteiger partial charge in [0, 0.05) is 41.6 Å². The molecule has 2 aromatic heterocycles. The van der Waals surface area contributed by atoms with Gasteiger partial charge in [0.25, 0.3) is 0 Å². The van der Waals surface area contributed by atoms with Crippen LogP contribution in [0.15, 0.2) is 42.7 Å². The number of rotatable bonds is 5. The maximum Gasteiger partial charge on any atom is 0.387 e. The predicted molar refractivity (Wildman–Crippen MR) is 132 cm³/mol. The van der Waals surface area contributed by atoms with Crippen molar-refractivity contribution in [2.24, 2.45) is 0 Å². The predicted octanol–water partition coefficient (Wildman–Crippen LogP) is 4.28. The Bertz CT molecular complexity index is 1700. The van der Waals surface area contributed by atoms with E-state index >= 15 is 4.39 Å². The molecule has 0 amide bonds. The molecule has 38 heavy (non-hydrogen) atoms. The smallest absolute Gasteiger partial charge is 0.387 e. The summed E-state index contributed by atoms with van der Waals surface area (Å²) < 4.78 is 75.3. The molecule has 0 radical (unpaired) electrons. The first-order chi connectivity index (χ1) is 17.8. The maximum atomic E-state index is 15.2. The van der Waals surface area contributed by atoms with E-state index in [2.05, 4.69) is 15.0 Å². The molecule has 0 spiro atoms. The van der Waals surface area contributed by atoms with Crippen molar-refractivity contribution < 1.29 is 31.4 Å². The Labute approximate surface area is 215 Å². The van der Waals surface area contributed by atoms with Crippen molar-refractivity contribution in [3.8, 4) is 16.9 Å². The van der Waals surface area contributed by atoms with Crippen molar-refractivity contribution in [1.82, 2.24) is 19.5 Å². The highest BCUT2D eigenvalue weighted by Crippen LogP contribution is 2.56. The molecule has 198 valence electrons. The van der Waals surface area contributed by atoms with Crippen LogP contribution in [0.25, 0.3) is 22.2 Å². The molecule has 2 aliphatic heterocycles. The monoisotopic (exact) mass is 545 g/mol. The molecule has 0 unspecified atom stereocenters.